The number of rotatable bonds is 4. The molecule has 0 aliphatic rings. The minimum Gasteiger partial charge on any atom is -0.399 e. The van der Waals surface area contributed by atoms with Crippen LogP contribution in [0.1, 0.15) is 22.3 Å². The molecule has 0 amide bonds. The van der Waals surface area contributed by atoms with Crippen molar-refractivity contribution in [1.29, 1.82) is 0 Å². The van der Waals surface area contributed by atoms with Gasteiger partial charge in [0.2, 0.25) is 0 Å². The topological polar surface area (TPSA) is 43.1 Å². The van der Waals surface area contributed by atoms with Crippen LogP contribution in [0.25, 0.3) is 0 Å². The van der Waals surface area contributed by atoms with Gasteiger partial charge in [0.25, 0.3) is 0 Å². The van der Waals surface area contributed by atoms with Crippen molar-refractivity contribution >= 4 is 23.1 Å². The van der Waals surface area contributed by atoms with Gasteiger partial charge in [-0.1, -0.05) is 23.7 Å². The van der Waals surface area contributed by atoms with Crippen LogP contribution in [0, 0.1) is 0 Å². The van der Waals surface area contributed by atoms with Crippen molar-refractivity contribution in [3.63, 3.8) is 0 Å². The van der Waals surface area contributed by atoms with Crippen molar-refractivity contribution in [3.05, 3.63) is 64.7 Å². The maximum atomic E-state index is 11.9. The van der Waals surface area contributed by atoms with Gasteiger partial charge in [0.05, 0.1) is 0 Å². The lowest BCUT2D eigenvalue weighted by Crippen LogP contribution is -2.01. The summed E-state index contributed by atoms with van der Waals surface area (Å²) in [4.78, 5) is 11.9. The molecule has 2 aromatic rings. The predicted octanol–water partition coefficient (Wildman–Crippen LogP) is 3.74. The molecule has 2 nitrogen and oxygen atoms in total. The third-order valence-corrected chi connectivity index (χ3v) is 3.01. The van der Waals surface area contributed by atoms with Crippen molar-refractivity contribution in [3.8, 4) is 0 Å². The number of carbonyl (C=O) groups is 1. The molecule has 18 heavy (non-hydrogen) atoms. The van der Waals surface area contributed by atoms with Crippen LogP contribution in [0.5, 0.6) is 0 Å². The fourth-order valence-corrected chi connectivity index (χ4v) is 1.91. The molecular formula is C15H14ClNO. The van der Waals surface area contributed by atoms with Gasteiger partial charge in [0.15, 0.2) is 5.78 Å². The first kappa shape index (κ1) is 12.7. The molecule has 0 heterocycles. The normalized spacial score (nSPS) is 10.3. The molecular weight excluding hydrogens is 246 g/mol. The molecule has 3 heteroatoms. The molecule has 0 spiro atoms. The molecule has 2 N–H and O–H groups in total. The van der Waals surface area contributed by atoms with E-state index in [-0.39, 0.29) is 5.78 Å². The third-order valence-electron chi connectivity index (χ3n) is 2.76. The number of nitrogen functional groups attached to an aromatic ring is 1. The fourth-order valence-electron chi connectivity index (χ4n) is 1.79. The van der Waals surface area contributed by atoms with E-state index in [2.05, 4.69) is 0 Å². The Hall–Kier alpha value is -1.80. The summed E-state index contributed by atoms with van der Waals surface area (Å²) in [5, 5.41) is 0.641. The van der Waals surface area contributed by atoms with E-state index in [1.165, 1.54) is 0 Å². The van der Waals surface area contributed by atoms with Gasteiger partial charge in [-0.15, -0.1) is 0 Å². The first-order valence-corrected chi connectivity index (χ1v) is 6.16. The molecule has 0 bridgehead atoms. The molecule has 0 radical (unpaired) electrons. The van der Waals surface area contributed by atoms with Crippen LogP contribution >= 0.6 is 11.6 Å². The number of ketones is 1. The number of halogens is 1. The van der Waals surface area contributed by atoms with Crippen LogP contribution in [0.2, 0.25) is 5.02 Å². The molecule has 92 valence electrons. The van der Waals surface area contributed by atoms with Gasteiger partial charge in [0.1, 0.15) is 0 Å². The van der Waals surface area contributed by atoms with Crippen molar-refractivity contribution in [2.75, 3.05) is 5.73 Å². The molecule has 0 unspecified atom stereocenters. The largest absolute Gasteiger partial charge is 0.399 e. The molecule has 0 aromatic heterocycles. The van der Waals surface area contributed by atoms with Gasteiger partial charge in [-0.2, -0.15) is 0 Å². The Labute approximate surface area is 111 Å². The van der Waals surface area contributed by atoms with Crippen LogP contribution in [-0.2, 0) is 6.42 Å². The standard InChI is InChI=1S/C15H14ClNO/c16-13-7-5-12(6-8-13)15(18)9-4-11-2-1-3-14(17)10-11/h1-3,5-8,10H,4,9,17H2. The smallest absolute Gasteiger partial charge is 0.163 e. The summed E-state index contributed by atoms with van der Waals surface area (Å²) in [5.74, 6) is 0.120. The van der Waals surface area contributed by atoms with E-state index in [0.717, 1.165) is 11.3 Å². The van der Waals surface area contributed by atoms with E-state index in [1.807, 2.05) is 24.3 Å². The molecule has 2 aromatic carbocycles. The number of carbonyl (C=O) groups excluding carboxylic acids is 1. The van der Waals surface area contributed by atoms with Crippen LogP contribution < -0.4 is 5.73 Å². The Morgan fingerprint density at radius 3 is 2.50 bits per heavy atom. The maximum Gasteiger partial charge on any atom is 0.163 e. The summed E-state index contributed by atoms with van der Waals surface area (Å²) in [6, 6.07) is 14.6. The van der Waals surface area contributed by atoms with Crippen molar-refractivity contribution in [2.45, 2.75) is 12.8 Å². The van der Waals surface area contributed by atoms with E-state index in [0.29, 0.717) is 23.4 Å². The monoisotopic (exact) mass is 259 g/mol. The predicted molar refractivity (Wildman–Crippen MR) is 75.0 cm³/mol. The third kappa shape index (κ3) is 3.34. The molecule has 0 aliphatic heterocycles. The Morgan fingerprint density at radius 2 is 1.83 bits per heavy atom. The van der Waals surface area contributed by atoms with Gasteiger partial charge in [-0.3, -0.25) is 4.79 Å². The maximum absolute atomic E-state index is 11.9. The second-order valence-corrected chi connectivity index (χ2v) is 4.61. The lowest BCUT2D eigenvalue weighted by molar-refractivity contribution is 0.0983. The highest BCUT2D eigenvalue weighted by molar-refractivity contribution is 6.30. The second-order valence-electron chi connectivity index (χ2n) is 4.18. The van der Waals surface area contributed by atoms with Crippen LogP contribution in [0.4, 0.5) is 5.69 Å². The highest BCUT2D eigenvalue weighted by atomic mass is 35.5. The Morgan fingerprint density at radius 1 is 1.11 bits per heavy atom. The minimum absolute atomic E-state index is 0.120. The quantitative estimate of drug-likeness (QED) is 0.671. The fraction of sp³-hybridized carbons (Fsp3) is 0.133. The molecule has 0 fully saturated rings. The van der Waals surface area contributed by atoms with Gasteiger partial charge in [0, 0.05) is 22.7 Å². The SMILES string of the molecule is Nc1cccc(CCC(=O)c2ccc(Cl)cc2)c1. The summed E-state index contributed by atoms with van der Waals surface area (Å²) in [5.41, 5.74) is 8.20. The van der Waals surface area contributed by atoms with Crippen molar-refractivity contribution < 1.29 is 4.79 Å². The lowest BCUT2D eigenvalue weighted by Gasteiger charge is -2.03. The van der Waals surface area contributed by atoms with Crippen LogP contribution in [-0.4, -0.2) is 5.78 Å². The Bertz CT molecular complexity index is 549. The molecule has 0 saturated carbocycles. The summed E-state index contributed by atoms with van der Waals surface area (Å²) in [7, 11) is 0. The lowest BCUT2D eigenvalue weighted by atomic mass is 10.0. The summed E-state index contributed by atoms with van der Waals surface area (Å²) < 4.78 is 0. The highest BCUT2D eigenvalue weighted by Gasteiger charge is 2.06. The first-order chi connectivity index (χ1) is 8.65. The number of nitrogens with two attached hydrogens (primary N) is 1. The van der Waals surface area contributed by atoms with E-state index in [9.17, 15) is 4.79 Å². The zero-order chi connectivity index (χ0) is 13.0. The van der Waals surface area contributed by atoms with E-state index in [4.69, 9.17) is 17.3 Å². The minimum atomic E-state index is 0.120. The molecule has 0 saturated heterocycles. The number of Topliss-reactive ketones (excluding diaryl/α,β-unsaturated/α-hetero) is 1. The summed E-state index contributed by atoms with van der Waals surface area (Å²) in [6.45, 7) is 0. The number of benzene rings is 2. The molecule has 0 aliphatic carbocycles. The van der Waals surface area contributed by atoms with Crippen molar-refractivity contribution in [1.82, 2.24) is 0 Å². The van der Waals surface area contributed by atoms with Gasteiger partial charge < -0.3 is 5.73 Å². The number of aryl methyl sites for hydroxylation is 1. The zero-order valence-corrected chi connectivity index (χ0v) is 10.7. The Kier molecular flexibility index (Phi) is 4.00. The van der Waals surface area contributed by atoms with E-state index >= 15 is 0 Å². The highest BCUT2D eigenvalue weighted by Crippen LogP contribution is 2.14. The Balaban J connectivity index is 1.98. The van der Waals surface area contributed by atoms with Crippen LogP contribution in [0.15, 0.2) is 48.5 Å². The summed E-state index contributed by atoms with van der Waals surface area (Å²) in [6.07, 6.45) is 1.18. The molecule has 2 rings (SSSR count). The van der Waals surface area contributed by atoms with E-state index in [1.54, 1.807) is 24.3 Å². The average molecular weight is 260 g/mol. The average Bonchev–Trinajstić information content (AvgIpc) is 2.37. The van der Waals surface area contributed by atoms with Crippen LogP contribution in [0.3, 0.4) is 0 Å². The zero-order valence-electron chi connectivity index (χ0n) is 9.90. The van der Waals surface area contributed by atoms with Gasteiger partial charge in [-0.25, -0.2) is 0 Å². The number of anilines is 1. The van der Waals surface area contributed by atoms with E-state index < -0.39 is 0 Å². The van der Waals surface area contributed by atoms with Gasteiger partial charge in [-0.05, 0) is 48.4 Å². The van der Waals surface area contributed by atoms with Gasteiger partial charge >= 0.3 is 0 Å². The first-order valence-electron chi connectivity index (χ1n) is 5.78. The molecule has 0 atom stereocenters. The van der Waals surface area contributed by atoms with Crippen molar-refractivity contribution in [2.24, 2.45) is 0 Å². The summed E-state index contributed by atoms with van der Waals surface area (Å²) >= 11 is 5.78. The second kappa shape index (κ2) is 5.69. The number of hydrogen-bond acceptors (Lipinski definition) is 2. The number of hydrogen-bond donors (Lipinski definition) is 1.